The van der Waals surface area contributed by atoms with Crippen LogP contribution in [0, 0.1) is 0 Å². The maximum absolute atomic E-state index is 3.76. The van der Waals surface area contributed by atoms with Crippen LogP contribution in [0.4, 0.5) is 5.69 Å². The van der Waals surface area contributed by atoms with Crippen LogP contribution in [0.5, 0.6) is 0 Å². The van der Waals surface area contributed by atoms with Gasteiger partial charge in [0.25, 0.3) is 0 Å². The molecule has 2 nitrogen and oxygen atoms in total. The van der Waals surface area contributed by atoms with Crippen molar-refractivity contribution in [3.8, 4) is 0 Å². The van der Waals surface area contributed by atoms with Crippen molar-refractivity contribution in [1.82, 2.24) is 4.90 Å². The first-order chi connectivity index (χ1) is 9.33. The highest BCUT2D eigenvalue weighted by molar-refractivity contribution is 7.99. The maximum Gasteiger partial charge on any atom is 0.0388 e. The van der Waals surface area contributed by atoms with Crippen LogP contribution in [-0.2, 0) is 6.54 Å². The SMILES string of the molecule is CCN(CC)Cc1ccccc1NC1CCCSC1. The first-order valence-electron chi connectivity index (χ1n) is 7.48. The van der Waals surface area contributed by atoms with Gasteiger partial charge in [-0.3, -0.25) is 4.90 Å². The number of benzene rings is 1. The van der Waals surface area contributed by atoms with Crippen molar-refractivity contribution in [2.24, 2.45) is 0 Å². The van der Waals surface area contributed by atoms with E-state index in [4.69, 9.17) is 0 Å². The minimum absolute atomic E-state index is 0.650. The molecule has 0 aliphatic carbocycles. The second-order valence-electron chi connectivity index (χ2n) is 5.18. The fraction of sp³-hybridized carbons (Fsp3) is 0.625. The molecule has 1 saturated heterocycles. The van der Waals surface area contributed by atoms with E-state index in [0.717, 1.165) is 19.6 Å². The van der Waals surface area contributed by atoms with Crippen LogP contribution >= 0.6 is 11.8 Å². The van der Waals surface area contributed by atoms with Gasteiger partial charge in [0, 0.05) is 24.0 Å². The van der Waals surface area contributed by atoms with Gasteiger partial charge in [-0.2, -0.15) is 11.8 Å². The summed E-state index contributed by atoms with van der Waals surface area (Å²) < 4.78 is 0. The van der Waals surface area contributed by atoms with Crippen molar-refractivity contribution in [1.29, 1.82) is 0 Å². The van der Waals surface area contributed by atoms with Crippen molar-refractivity contribution in [2.45, 2.75) is 39.3 Å². The van der Waals surface area contributed by atoms with Crippen LogP contribution < -0.4 is 5.32 Å². The van der Waals surface area contributed by atoms with Crippen molar-refractivity contribution in [2.75, 3.05) is 29.9 Å². The summed E-state index contributed by atoms with van der Waals surface area (Å²) in [5.41, 5.74) is 2.77. The molecule has 1 aliphatic heterocycles. The Morgan fingerprint density at radius 1 is 1.26 bits per heavy atom. The molecule has 2 rings (SSSR count). The van der Waals surface area contributed by atoms with Gasteiger partial charge in [-0.25, -0.2) is 0 Å². The molecule has 1 atom stereocenters. The number of nitrogens with one attached hydrogen (secondary N) is 1. The second kappa shape index (κ2) is 7.81. The summed E-state index contributed by atoms with van der Waals surface area (Å²) in [4.78, 5) is 2.47. The molecule has 0 saturated carbocycles. The van der Waals surface area contributed by atoms with Gasteiger partial charge in [-0.05, 0) is 43.3 Å². The van der Waals surface area contributed by atoms with E-state index in [1.807, 2.05) is 0 Å². The molecule has 1 fully saturated rings. The summed E-state index contributed by atoms with van der Waals surface area (Å²) in [5.74, 6) is 2.58. The molecular formula is C16H26N2S. The Balaban J connectivity index is 2.02. The number of nitrogens with zero attached hydrogens (tertiary/aromatic N) is 1. The summed E-state index contributed by atoms with van der Waals surface area (Å²) >= 11 is 2.08. The zero-order chi connectivity index (χ0) is 13.5. The minimum atomic E-state index is 0.650. The van der Waals surface area contributed by atoms with E-state index in [1.54, 1.807) is 0 Å². The van der Waals surface area contributed by atoms with E-state index >= 15 is 0 Å². The van der Waals surface area contributed by atoms with Crippen molar-refractivity contribution < 1.29 is 0 Å². The molecular weight excluding hydrogens is 252 g/mol. The molecule has 1 heterocycles. The summed E-state index contributed by atoms with van der Waals surface area (Å²) in [7, 11) is 0. The Labute approximate surface area is 122 Å². The molecule has 1 unspecified atom stereocenters. The van der Waals surface area contributed by atoms with Gasteiger partial charge in [0.15, 0.2) is 0 Å². The Morgan fingerprint density at radius 2 is 2.05 bits per heavy atom. The van der Waals surface area contributed by atoms with Crippen LogP contribution in [0.1, 0.15) is 32.3 Å². The van der Waals surface area contributed by atoms with Crippen LogP contribution in [0.25, 0.3) is 0 Å². The Kier molecular flexibility index (Phi) is 6.05. The normalized spacial score (nSPS) is 19.6. The van der Waals surface area contributed by atoms with E-state index in [9.17, 15) is 0 Å². The molecule has 106 valence electrons. The number of anilines is 1. The van der Waals surface area contributed by atoms with Crippen molar-refractivity contribution in [3.63, 3.8) is 0 Å². The lowest BCUT2D eigenvalue weighted by atomic mass is 10.1. The largest absolute Gasteiger partial charge is 0.381 e. The van der Waals surface area contributed by atoms with Gasteiger partial charge < -0.3 is 5.32 Å². The molecule has 0 spiro atoms. The summed E-state index contributed by atoms with van der Waals surface area (Å²) in [6, 6.07) is 9.44. The van der Waals surface area contributed by atoms with Gasteiger partial charge in [-0.15, -0.1) is 0 Å². The van der Waals surface area contributed by atoms with Crippen molar-refractivity contribution in [3.05, 3.63) is 29.8 Å². The first-order valence-corrected chi connectivity index (χ1v) is 8.63. The first kappa shape index (κ1) is 14.7. The van der Waals surface area contributed by atoms with Gasteiger partial charge >= 0.3 is 0 Å². The highest BCUT2D eigenvalue weighted by Gasteiger charge is 2.15. The third-order valence-electron chi connectivity index (χ3n) is 3.83. The summed E-state index contributed by atoms with van der Waals surface area (Å²) in [6.07, 6.45) is 2.66. The number of hydrogen-bond donors (Lipinski definition) is 1. The number of para-hydroxylation sites is 1. The van der Waals surface area contributed by atoms with Crippen LogP contribution in [0.3, 0.4) is 0 Å². The standard InChI is InChI=1S/C16H26N2S/c1-3-18(4-2)12-14-8-5-6-10-16(14)17-15-9-7-11-19-13-15/h5-6,8,10,15,17H,3-4,7,9,11-13H2,1-2H3. The smallest absolute Gasteiger partial charge is 0.0388 e. The predicted octanol–water partition coefficient (Wildman–Crippen LogP) is 3.84. The molecule has 0 radical (unpaired) electrons. The zero-order valence-electron chi connectivity index (χ0n) is 12.2. The summed E-state index contributed by atoms with van der Waals surface area (Å²) in [6.45, 7) is 7.75. The van der Waals surface area contributed by atoms with Crippen LogP contribution in [0.15, 0.2) is 24.3 Å². The predicted molar refractivity (Wildman–Crippen MR) is 87.0 cm³/mol. The van der Waals surface area contributed by atoms with Crippen LogP contribution in [0.2, 0.25) is 0 Å². The van der Waals surface area contributed by atoms with Gasteiger partial charge in [-0.1, -0.05) is 32.0 Å². The average Bonchev–Trinajstić information content (AvgIpc) is 2.47. The van der Waals surface area contributed by atoms with Gasteiger partial charge in [0.1, 0.15) is 0 Å². The molecule has 0 aromatic heterocycles. The molecule has 3 heteroatoms. The van der Waals surface area contributed by atoms with E-state index in [1.165, 1.54) is 35.6 Å². The second-order valence-corrected chi connectivity index (χ2v) is 6.33. The third kappa shape index (κ3) is 4.43. The quantitative estimate of drug-likeness (QED) is 0.851. The molecule has 0 amide bonds. The average molecular weight is 278 g/mol. The lowest BCUT2D eigenvalue weighted by Crippen LogP contribution is -2.27. The lowest BCUT2D eigenvalue weighted by molar-refractivity contribution is 0.296. The fourth-order valence-corrected chi connectivity index (χ4v) is 3.63. The Hall–Kier alpha value is -0.670. The minimum Gasteiger partial charge on any atom is -0.381 e. The molecule has 1 aromatic carbocycles. The highest BCUT2D eigenvalue weighted by atomic mass is 32.2. The fourth-order valence-electron chi connectivity index (χ4n) is 2.56. The topological polar surface area (TPSA) is 15.3 Å². The molecule has 0 bridgehead atoms. The number of thioether (sulfide) groups is 1. The molecule has 1 aliphatic rings. The monoisotopic (exact) mass is 278 g/mol. The Bertz CT molecular complexity index is 371. The molecule has 1 aromatic rings. The van der Waals surface area contributed by atoms with E-state index in [2.05, 4.69) is 60.1 Å². The maximum atomic E-state index is 3.76. The van der Waals surface area contributed by atoms with Crippen molar-refractivity contribution >= 4 is 17.4 Å². The summed E-state index contributed by atoms with van der Waals surface area (Å²) in [5, 5.41) is 3.76. The van der Waals surface area contributed by atoms with E-state index in [-0.39, 0.29) is 0 Å². The third-order valence-corrected chi connectivity index (χ3v) is 5.04. The number of hydrogen-bond acceptors (Lipinski definition) is 3. The Morgan fingerprint density at radius 3 is 2.74 bits per heavy atom. The van der Waals surface area contributed by atoms with Gasteiger partial charge in [0.05, 0.1) is 0 Å². The number of rotatable bonds is 6. The highest BCUT2D eigenvalue weighted by Crippen LogP contribution is 2.23. The molecule has 1 N–H and O–H groups in total. The van der Waals surface area contributed by atoms with Gasteiger partial charge in [0.2, 0.25) is 0 Å². The molecule has 19 heavy (non-hydrogen) atoms. The zero-order valence-corrected chi connectivity index (χ0v) is 13.0. The van der Waals surface area contributed by atoms with Crippen LogP contribution in [-0.4, -0.2) is 35.5 Å². The lowest BCUT2D eigenvalue weighted by Gasteiger charge is -2.26. The van der Waals surface area contributed by atoms with E-state index < -0.39 is 0 Å². The van der Waals surface area contributed by atoms with E-state index in [0.29, 0.717) is 6.04 Å².